The third-order valence-corrected chi connectivity index (χ3v) is 6.10. The zero-order chi connectivity index (χ0) is 30.7. The first-order chi connectivity index (χ1) is 20.2. The van der Waals surface area contributed by atoms with E-state index in [1.165, 1.54) is 29.1 Å². The smallest absolute Gasteiger partial charge is 0.422 e. The summed E-state index contributed by atoms with van der Waals surface area (Å²) in [7, 11) is 0. The van der Waals surface area contributed by atoms with Gasteiger partial charge in [-0.05, 0) is 29.7 Å². The van der Waals surface area contributed by atoms with Crippen molar-refractivity contribution < 1.29 is 32.7 Å². The summed E-state index contributed by atoms with van der Waals surface area (Å²) in [5.74, 6) is -0.502. The Bertz CT molecular complexity index is 1880. The van der Waals surface area contributed by atoms with Gasteiger partial charge in [0, 0.05) is 56.4 Å². The highest BCUT2D eigenvalue weighted by Gasteiger charge is 2.31. The van der Waals surface area contributed by atoms with E-state index in [0.717, 1.165) is 4.90 Å². The summed E-state index contributed by atoms with van der Waals surface area (Å²) in [4.78, 5) is 26.6. The standard InChI is InChI=1S/C26H22F3N7O3/c1-15-33-22(34-39-15)17-3-2-16-4-6-30-23(18(16)12-17)31-8-9-35-10-11-36-20-5-7-32-24(38-14-26(27,28)29)19(20)13-21(36)25(35)37/h2-7,12-13H,8-11,14H2,1H3,(H,30,31)/i8D2,9D2. The Morgan fingerprint density at radius 3 is 2.77 bits per heavy atom. The fourth-order valence-corrected chi connectivity index (χ4v) is 4.37. The number of aryl methyl sites for hydroxylation is 1. The van der Waals surface area contributed by atoms with Crippen LogP contribution in [0.2, 0.25) is 0 Å². The molecule has 13 heteroatoms. The van der Waals surface area contributed by atoms with Gasteiger partial charge < -0.3 is 24.0 Å². The van der Waals surface area contributed by atoms with E-state index in [4.69, 9.17) is 14.7 Å². The molecule has 5 heterocycles. The molecule has 1 N–H and O–H groups in total. The van der Waals surface area contributed by atoms with Crippen molar-refractivity contribution in [2.24, 2.45) is 0 Å². The molecule has 5 aromatic rings. The second-order valence-electron chi connectivity index (χ2n) is 8.69. The number of anilines is 1. The van der Waals surface area contributed by atoms with Crippen molar-refractivity contribution in [2.45, 2.75) is 19.6 Å². The molecule has 0 unspecified atom stereocenters. The number of aromatic nitrogens is 5. The molecule has 10 nitrogen and oxygen atoms in total. The molecule has 1 aromatic carbocycles. The number of hydrogen-bond acceptors (Lipinski definition) is 8. The van der Waals surface area contributed by atoms with Gasteiger partial charge in [0.25, 0.3) is 5.91 Å². The van der Waals surface area contributed by atoms with Crippen molar-refractivity contribution in [3.05, 3.63) is 60.4 Å². The highest BCUT2D eigenvalue weighted by atomic mass is 19.4. The van der Waals surface area contributed by atoms with Gasteiger partial charge in [0.1, 0.15) is 11.5 Å². The first-order valence-corrected chi connectivity index (χ1v) is 11.7. The van der Waals surface area contributed by atoms with Crippen LogP contribution in [0.5, 0.6) is 5.88 Å². The van der Waals surface area contributed by atoms with Crippen LogP contribution in [-0.4, -0.2) is 67.8 Å². The van der Waals surface area contributed by atoms with E-state index in [9.17, 15) is 18.0 Å². The predicted octanol–water partition coefficient (Wildman–Crippen LogP) is 4.45. The van der Waals surface area contributed by atoms with Gasteiger partial charge >= 0.3 is 6.18 Å². The summed E-state index contributed by atoms with van der Waals surface area (Å²) < 4.78 is 84.5. The van der Waals surface area contributed by atoms with Crippen LogP contribution in [0.4, 0.5) is 19.0 Å². The summed E-state index contributed by atoms with van der Waals surface area (Å²) in [6.45, 7) is -5.89. The van der Waals surface area contributed by atoms with Crippen molar-refractivity contribution in [1.29, 1.82) is 0 Å². The lowest BCUT2D eigenvalue weighted by atomic mass is 10.1. The fourth-order valence-electron chi connectivity index (χ4n) is 4.37. The molecule has 0 saturated carbocycles. The van der Waals surface area contributed by atoms with Crippen molar-refractivity contribution >= 4 is 33.4 Å². The van der Waals surface area contributed by atoms with Crippen LogP contribution in [0.15, 0.2) is 53.3 Å². The van der Waals surface area contributed by atoms with Crippen LogP contribution < -0.4 is 10.1 Å². The molecule has 39 heavy (non-hydrogen) atoms. The topological polar surface area (TPSA) is 111 Å². The van der Waals surface area contributed by atoms with E-state index >= 15 is 0 Å². The number of nitrogens with zero attached hydrogens (tertiary/aromatic N) is 6. The van der Waals surface area contributed by atoms with E-state index in [0.29, 0.717) is 33.6 Å². The zero-order valence-electron chi connectivity index (χ0n) is 24.3. The highest BCUT2D eigenvalue weighted by Crippen LogP contribution is 2.31. The average Bonchev–Trinajstić information content (AvgIpc) is 3.56. The Kier molecular flexibility index (Phi) is 4.98. The molecule has 0 spiro atoms. The van der Waals surface area contributed by atoms with E-state index in [-0.39, 0.29) is 35.9 Å². The van der Waals surface area contributed by atoms with Gasteiger partial charge in [-0.3, -0.25) is 4.79 Å². The summed E-state index contributed by atoms with van der Waals surface area (Å²) >= 11 is 0. The number of hydrogen-bond donors (Lipinski definition) is 1. The molecule has 1 aliphatic rings. The Morgan fingerprint density at radius 2 is 1.97 bits per heavy atom. The largest absolute Gasteiger partial charge is 0.468 e. The Balaban J connectivity index is 1.31. The monoisotopic (exact) mass is 541 g/mol. The van der Waals surface area contributed by atoms with Gasteiger partial charge in [-0.2, -0.15) is 18.2 Å². The molecule has 0 fully saturated rings. The van der Waals surface area contributed by atoms with E-state index in [1.807, 2.05) is 0 Å². The van der Waals surface area contributed by atoms with Crippen LogP contribution in [0.3, 0.4) is 0 Å². The SMILES string of the molecule is [2H]C([2H])(Nc1nccc2ccc(-c3noc(C)n3)cc12)C([2H])([2H])N1CCn2c(cc3c(OCC(F)(F)F)nccc32)C1=O. The van der Waals surface area contributed by atoms with Gasteiger partial charge in [-0.15, -0.1) is 0 Å². The molecule has 1 aliphatic heterocycles. The number of pyridine rings is 2. The molecule has 6 rings (SSSR count). The summed E-state index contributed by atoms with van der Waals surface area (Å²) in [6.07, 6.45) is -1.91. The van der Waals surface area contributed by atoms with E-state index < -0.39 is 31.7 Å². The number of alkyl halides is 3. The third-order valence-electron chi connectivity index (χ3n) is 6.10. The minimum Gasteiger partial charge on any atom is -0.468 e. The second kappa shape index (κ2) is 9.57. The number of ether oxygens (including phenoxy) is 1. The summed E-state index contributed by atoms with van der Waals surface area (Å²) in [5.41, 5.74) is 0.898. The predicted molar refractivity (Wildman–Crippen MR) is 135 cm³/mol. The summed E-state index contributed by atoms with van der Waals surface area (Å²) in [5, 5.41) is 7.71. The Hall–Kier alpha value is -4.68. The maximum Gasteiger partial charge on any atom is 0.422 e. The molecule has 1 amide bonds. The van der Waals surface area contributed by atoms with E-state index in [1.54, 1.807) is 31.2 Å². The number of carbonyl (C=O) groups is 1. The van der Waals surface area contributed by atoms with Crippen LogP contribution in [-0.2, 0) is 6.54 Å². The van der Waals surface area contributed by atoms with Crippen molar-refractivity contribution in [3.63, 3.8) is 0 Å². The van der Waals surface area contributed by atoms with Gasteiger partial charge in [0.2, 0.25) is 17.6 Å². The minimum absolute atomic E-state index is 0.0181. The molecule has 0 radical (unpaired) electrons. The van der Waals surface area contributed by atoms with Crippen LogP contribution in [0.25, 0.3) is 33.1 Å². The van der Waals surface area contributed by atoms with Crippen LogP contribution >= 0.6 is 0 Å². The quantitative estimate of drug-likeness (QED) is 0.322. The first kappa shape index (κ1) is 20.3. The molecule has 0 atom stereocenters. The number of nitrogens with one attached hydrogen (secondary N) is 1. The van der Waals surface area contributed by atoms with Gasteiger partial charge in [0.15, 0.2) is 6.61 Å². The molecule has 0 saturated heterocycles. The molecule has 4 aromatic heterocycles. The van der Waals surface area contributed by atoms with Gasteiger partial charge in [0.05, 0.1) is 16.4 Å². The van der Waals surface area contributed by atoms with Crippen molar-refractivity contribution in [1.82, 2.24) is 29.6 Å². The normalized spacial score (nSPS) is 16.0. The maximum absolute atomic E-state index is 13.6. The van der Waals surface area contributed by atoms with Crippen LogP contribution in [0, 0.1) is 6.92 Å². The van der Waals surface area contributed by atoms with E-state index in [2.05, 4.69) is 25.4 Å². The number of benzene rings is 1. The summed E-state index contributed by atoms with van der Waals surface area (Å²) in [6, 6.07) is 9.65. The average molecular weight is 542 g/mol. The molecular weight excluding hydrogens is 515 g/mol. The van der Waals surface area contributed by atoms with Crippen molar-refractivity contribution in [2.75, 3.05) is 31.5 Å². The Labute approximate surface area is 225 Å². The van der Waals surface area contributed by atoms with Gasteiger partial charge in [-0.1, -0.05) is 17.3 Å². The molecular formula is C26H22F3N7O3. The maximum atomic E-state index is 13.6. The van der Waals surface area contributed by atoms with Gasteiger partial charge in [-0.25, -0.2) is 9.97 Å². The number of rotatable bonds is 7. The second-order valence-corrected chi connectivity index (χ2v) is 8.69. The lowest BCUT2D eigenvalue weighted by molar-refractivity contribution is -0.153. The number of amides is 1. The molecule has 0 bridgehead atoms. The zero-order valence-corrected chi connectivity index (χ0v) is 20.3. The van der Waals surface area contributed by atoms with Crippen LogP contribution in [0.1, 0.15) is 21.9 Å². The lowest BCUT2D eigenvalue weighted by Crippen LogP contribution is -2.42. The highest BCUT2D eigenvalue weighted by molar-refractivity contribution is 6.00. The molecule has 200 valence electrons. The third kappa shape index (κ3) is 4.82. The number of carbonyl (C=O) groups excluding carboxylic acids is 1. The minimum atomic E-state index is -4.60. The Morgan fingerprint density at radius 1 is 1.13 bits per heavy atom. The molecule has 0 aliphatic carbocycles. The first-order valence-electron chi connectivity index (χ1n) is 13.7. The number of halogens is 3. The lowest BCUT2D eigenvalue weighted by Gasteiger charge is -2.29. The fraction of sp³-hybridized carbons (Fsp3) is 0.269. The van der Waals surface area contributed by atoms with Crippen molar-refractivity contribution in [3.8, 4) is 17.3 Å². The number of fused-ring (bicyclic) bond motifs is 4.